The van der Waals surface area contributed by atoms with E-state index in [4.69, 9.17) is 16.3 Å². The van der Waals surface area contributed by atoms with Crippen molar-refractivity contribution in [3.8, 4) is 5.75 Å². The van der Waals surface area contributed by atoms with Gasteiger partial charge in [-0.2, -0.15) is 13.2 Å². The predicted molar refractivity (Wildman–Crippen MR) is 92.1 cm³/mol. The second-order valence-electron chi connectivity index (χ2n) is 5.33. The zero-order valence-corrected chi connectivity index (χ0v) is 14.6. The van der Waals surface area contributed by atoms with Gasteiger partial charge in [0, 0.05) is 5.69 Å². The number of carbonyl (C=O) groups excluding carboxylic acids is 1. The fourth-order valence-electron chi connectivity index (χ4n) is 2.71. The molecule has 1 aliphatic heterocycles. The molecule has 0 aromatic heterocycles. The summed E-state index contributed by atoms with van der Waals surface area (Å²) in [6.45, 7) is 0. The number of hydrogen-bond donors (Lipinski definition) is 0. The van der Waals surface area contributed by atoms with Gasteiger partial charge in [0.2, 0.25) is 5.91 Å². The molecule has 1 saturated heterocycles. The summed E-state index contributed by atoms with van der Waals surface area (Å²) in [6.07, 6.45) is -4.49. The fourth-order valence-corrected chi connectivity index (χ4v) is 4.17. The molecule has 2 aromatic carbocycles. The topological polar surface area (TPSA) is 29.5 Å². The van der Waals surface area contributed by atoms with Crippen molar-refractivity contribution >= 4 is 35.0 Å². The molecule has 1 amide bonds. The highest BCUT2D eigenvalue weighted by molar-refractivity contribution is 8.00. The van der Waals surface area contributed by atoms with Crippen molar-refractivity contribution in [2.75, 3.05) is 17.8 Å². The Morgan fingerprint density at radius 3 is 2.60 bits per heavy atom. The molecule has 0 aliphatic carbocycles. The Bertz CT molecular complexity index is 813. The number of rotatable bonds is 3. The molecular weight excluding hydrogens is 375 g/mol. The van der Waals surface area contributed by atoms with Gasteiger partial charge >= 0.3 is 6.18 Å². The summed E-state index contributed by atoms with van der Waals surface area (Å²) in [5, 5.41) is -0.484. The summed E-state index contributed by atoms with van der Waals surface area (Å²) in [4.78, 5) is 13.7. The van der Waals surface area contributed by atoms with Gasteiger partial charge in [0.25, 0.3) is 0 Å². The minimum atomic E-state index is -4.49. The van der Waals surface area contributed by atoms with E-state index >= 15 is 0 Å². The van der Waals surface area contributed by atoms with Crippen LogP contribution in [0.5, 0.6) is 5.75 Å². The first kappa shape index (κ1) is 17.9. The third-order valence-electron chi connectivity index (χ3n) is 3.81. The SMILES string of the molecule is COc1ccc(N2C(=O)CS[C@@H]2c2ccccc2C(F)(F)F)cc1Cl. The van der Waals surface area contributed by atoms with Crippen LogP contribution in [0.3, 0.4) is 0 Å². The van der Waals surface area contributed by atoms with Gasteiger partial charge in [0.15, 0.2) is 0 Å². The summed E-state index contributed by atoms with van der Waals surface area (Å²) in [7, 11) is 1.46. The van der Waals surface area contributed by atoms with Crippen LogP contribution in [0.15, 0.2) is 42.5 Å². The summed E-state index contributed by atoms with van der Waals surface area (Å²) in [5.41, 5.74) is -0.257. The largest absolute Gasteiger partial charge is 0.495 e. The van der Waals surface area contributed by atoms with Gasteiger partial charge in [0.1, 0.15) is 11.1 Å². The van der Waals surface area contributed by atoms with E-state index in [1.165, 1.54) is 36.3 Å². The van der Waals surface area contributed by atoms with Crippen LogP contribution < -0.4 is 9.64 Å². The van der Waals surface area contributed by atoms with Crippen molar-refractivity contribution in [1.29, 1.82) is 0 Å². The Balaban J connectivity index is 2.06. The van der Waals surface area contributed by atoms with Crippen LogP contribution in [-0.4, -0.2) is 18.8 Å². The average Bonchev–Trinajstić information content (AvgIpc) is 2.95. The maximum absolute atomic E-state index is 13.3. The monoisotopic (exact) mass is 387 g/mol. The minimum absolute atomic E-state index is 0.0535. The lowest BCUT2D eigenvalue weighted by Gasteiger charge is -2.27. The number of nitrogens with zero attached hydrogens (tertiary/aromatic N) is 1. The first-order valence-electron chi connectivity index (χ1n) is 7.26. The first-order chi connectivity index (χ1) is 11.8. The number of anilines is 1. The van der Waals surface area contributed by atoms with Gasteiger partial charge in [-0.25, -0.2) is 0 Å². The van der Waals surface area contributed by atoms with E-state index in [-0.39, 0.29) is 22.2 Å². The van der Waals surface area contributed by atoms with Gasteiger partial charge in [-0.1, -0.05) is 29.8 Å². The Hall–Kier alpha value is -1.86. The molecule has 0 unspecified atom stereocenters. The van der Waals surface area contributed by atoms with E-state index in [9.17, 15) is 18.0 Å². The van der Waals surface area contributed by atoms with Crippen LogP contribution in [0.4, 0.5) is 18.9 Å². The van der Waals surface area contributed by atoms with Gasteiger partial charge in [0.05, 0.1) is 23.4 Å². The molecule has 0 radical (unpaired) electrons. The lowest BCUT2D eigenvalue weighted by molar-refractivity contribution is -0.138. The van der Waals surface area contributed by atoms with Gasteiger partial charge < -0.3 is 4.74 Å². The molecule has 0 N–H and O–H groups in total. The van der Waals surface area contributed by atoms with E-state index in [1.54, 1.807) is 12.1 Å². The van der Waals surface area contributed by atoms with Crippen LogP contribution in [0.25, 0.3) is 0 Å². The Labute approximate surface area is 151 Å². The van der Waals surface area contributed by atoms with Crippen molar-refractivity contribution in [3.63, 3.8) is 0 Å². The molecule has 3 nitrogen and oxygen atoms in total. The van der Waals surface area contributed by atoms with Gasteiger partial charge in [-0.3, -0.25) is 9.69 Å². The average molecular weight is 388 g/mol. The summed E-state index contributed by atoms with van der Waals surface area (Å²) >= 11 is 7.26. The van der Waals surface area contributed by atoms with E-state index in [0.29, 0.717) is 11.4 Å². The standard InChI is InChI=1S/C17H13ClF3NO2S/c1-24-14-7-6-10(8-13(14)18)22-15(23)9-25-16(22)11-4-2-3-5-12(11)17(19,20)21/h2-8,16H,9H2,1H3/t16-/m1/s1. The molecule has 132 valence electrons. The number of benzene rings is 2. The van der Waals surface area contributed by atoms with E-state index in [2.05, 4.69) is 0 Å². The van der Waals surface area contributed by atoms with E-state index < -0.39 is 17.1 Å². The third kappa shape index (κ3) is 3.43. The highest BCUT2D eigenvalue weighted by atomic mass is 35.5. The van der Waals surface area contributed by atoms with Crippen molar-refractivity contribution in [2.24, 2.45) is 0 Å². The number of thioether (sulfide) groups is 1. The van der Waals surface area contributed by atoms with Crippen molar-refractivity contribution < 1.29 is 22.7 Å². The van der Waals surface area contributed by atoms with Crippen LogP contribution in [-0.2, 0) is 11.0 Å². The third-order valence-corrected chi connectivity index (χ3v) is 5.30. The van der Waals surface area contributed by atoms with E-state index in [0.717, 1.165) is 17.8 Å². The summed E-state index contributed by atoms with van der Waals surface area (Å²) in [6, 6.07) is 10.0. The Kier molecular flexibility index (Phi) is 4.88. The lowest BCUT2D eigenvalue weighted by Crippen LogP contribution is -2.29. The van der Waals surface area contributed by atoms with Crippen molar-refractivity contribution in [3.05, 3.63) is 58.6 Å². The lowest BCUT2D eigenvalue weighted by atomic mass is 10.1. The number of halogens is 4. The normalized spacial score (nSPS) is 17.9. The van der Waals surface area contributed by atoms with Crippen LogP contribution in [0.2, 0.25) is 5.02 Å². The molecule has 1 atom stereocenters. The van der Waals surface area contributed by atoms with Crippen LogP contribution in [0.1, 0.15) is 16.5 Å². The molecule has 0 bridgehead atoms. The van der Waals surface area contributed by atoms with Gasteiger partial charge in [-0.05, 0) is 29.8 Å². The molecule has 1 heterocycles. The van der Waals surface area contributed by atoms with Crippen LogP contribution in [0, 0.1) is 0 Å². The summed E-state index contributed by atoms with van der Waals surface area (Å²) in [5.74, 6) is 0.255. The maximum Gasteiger partial charge on any atom is 0.416 e. The quantitative estimate of drug-likeness (QED) is 0.729. The molecule has 3 rings (SSSR count). The maximum atomic E-state index is 13.3. The molecule has 0 spiro atoms. The zero-order valence-electron chi connectivity index (χ0n) is 13.0. The number of alkyl halides is 3. The van der Waals surface area contributed by atoms with Crippen LogP contribution >= 0.6 is 23.4 Å². The number of methoxy groups -OCH3 is 1. The Morgan fingerprint density at radius 1 is 1.24 bits per heavy atom. The van der Waals surface area contributed by atoms with Crippen molar-refractivity contribution in [2.45, 2.75) is 11.6 Å². The predicted octanol–water partition coefficient (Wildman–Crippen LogP) is 5.15. The Morgan fingerprint density at radius 2 is 1.96 bits per heavy atom. The fraction of sp³-hybridized carbons (Fsp3) is 0.235. The molecule has 8 heteroatoms. The molecule has 25 heavy (non-hydrogen) atoms. The molecular formula is C17H13ClF3NO2S. The highest BCUT2D eigenvalue weighted by Crippen LogP contribution is 2.46. The molecule has 1 fully saturated rings. The second kappa shape index (κ2) is 6.80. The first-order valence-corrected chi connectivity index (χ1v) is 8.69. The second-order valence-corrected chi connectivity index (χ2v) is 6.81. The number of ether oxygens (including phenoxy) is 1. The minimum Gasteiger partial charge on any atom is -0.495 e. The van der Waals surface area contributed by atoms with E-state index in [1.807, 2.05) is 0 Å². The number of carbonyl (C=O) groups is 1. The number of amides is 1. The summed E-state index contributed by atoms with van der Waals surface area (Å²) < 4.78 is 45.1. The molecule has 1 aliphatic rings. The smallest absolute Gasteiger partial charge is 0.416 e. The zero-order chi connectivity index (χ0) is 18.2. The molecule has 0 saturated carbocycles. The molecule has 2 aromatic rings. The number of hydrogen-bond acceptors (Lipinski definition) is 3. The van der Waals surface area contributed by atoms with Crippen molar-refractivity contribution in [1.82, 2.24) is 0 Å². The highest BCUT2D eigenvalue weighted by Gasteiger charge is 2.41. The van der Waals surface area contributed by atoms with Gasteiger partial charge in [-0.15, -0.1) is 11.8 Å².